The van der Waals surface area contributed by atoms with Crippen molar-refractivity contribution in [1.29, 1.82) is 0 Å². The lowest BCUT2D eigenvalue weighted by Crippen LogP contribution is -2.32. The Balaban J connectivity index is 0.00000150. The number of anilines is 1. The minimum atomic E-state index is 0. The van der Waals surface area contributed by atoms with E-state index < -0.39 is 0 Å². The maximum absolute atomic E-state index is 6.36. The fourth-order valence-corrected chi connectivity index (χ4v) is 4.57. The summed E-state index contributed by atoms with van der Waals surface area (Å²) in [5.74, 6) is 1.78. The van der Waals surface area contributed by atoms with E-state index in [1.807, 2.05) is 0 Å². The van der Waals surface area contributed by atoms with Crippen LogP contribution in [0.2, 0.25) is 0 Å². The normalized spacial score (nSPS) is 15.2. The molecule has 0 amide bonds. The van der Waals surface area contributed by atoms with Crippen LogP contribution < -0.4 is 5.73 Å². The van der Waals surface area contributed by atoms with Gasteiger partial charge in [0, 0.05) is 16.6 Å². The van der Waals surface area contributed by atoms with Crippen molar-refractivity contribution in [2.24, 2.45) is 0 Å². The van der Waals surface area contributed by atoms with E-state index in [9.17, 15) is 0 Å². The monoisotopic (exact) mass is 434 g/mol. The average molecular weight is 435 g/mol. The number of aryl methyl sites for hydroxylation is 3. The van der Waals surface area contributed by atoms with E-state index in [1.165, 1.54) is 34.9 Å². The first-order chi connectivity index (χ1) is 13.0. The zero-order chi connectivity index (χ0) is 19.1. The van der Waals surface area contributed by atoms with Gasteiger partial charge in [-0.25, -0.2) is 0 Å². The molecule has 0 saturated carbocycles. The van der Waals surface area contributed by atoms with Crippen LogP contribution >= 0.6 is 24.8 Å². The molecule has 4 rings (SSSR count). The third-order valence-corrected chi connectivity index (χ3v) is 6.56. The van der Waals surface area contributed by atoms with Gasteiger partial charge in [0.15, 0.2) is 0 Å². The summed E-state index contributed by atoms with van der Waals surface area (Å²) in [4.78, 5) is 2.53. The highest BCUT2D eigenvalue weighted by atomic mass is 35.5. The summed E-state index contributed by atoms with van der Waals surface area (Å²) in [6.45, 7) is 11.6. The van der Waals surface area contributed by atoms with Gasteiger partial charge >= 0.3 is 0 Å². The number of likely N-dealkylation sites (tertiary alicyclic amines) is 1. The Morgan fingerprint density at radius 1 is 0.897 bits per heavy atom. The lowest BCUT2D eigenvalue weighted by atomic mass is 9.89. The molecule has 3 nitrogen and oxygen atoms in total. The number of nitrogens with zero attached hydrogens (tertiary/aromatic N) is 1. The summed E-state index contributed by atoms with van der Waals surface area (Å²) < 4.78 is 6.36. The summed E-state index contributed by atoms with van der Waals surface area (Å²) in [5.41, 5.74) is 14.5. The van der Waals surface area contributed by atoms with Gasteiger partial charge in [-0.1, -0.05) is 30.3 Å². The fourth-order valence-electron chi connectivity index (χ4n) is 4.57. The van der Waals surface area contributed by atoms with Crippen LogP contribution in [0, 0.1) is 27.7 Å². The predicted octanol–water partition coefficient (Wildman–Crippen LogP) is 6.47. The van der Waals surface area contributed by atoms with Gasteiger partial charge < -0.3 is 10.2 Å². The van der Waals surface area contributed by atoms with Crippen molar-refractivity contribution < 1.29 is 4.42 Å². The van der Waals surface area contributed by atoms with Crippen molar-refractivity contribution in [3.8, 4) is 0 Å². The van der Waals surface area contributed by atoms with E-state index in [4.69, 9.17) is 10.2 Å². The zero-order valence-corrected chi connectivity index (χ0v) is 19.4. The zero-order valence-electron chi connectivity index (χ0n) is 17.7. The molecule has 2 N–H and O–H groups in total. The molecular weight excluding hydrogens is 403 g/mol. The van der Waals surface area contributed by atoms with E-state index in [-0.39, 0.29) is 24.8 Å². The Morgan fingerprint density at radius 3 is 2.14 bits per heavy atom. The Kier molecular flexibility index (Phi) is 7.67. The Hall–Kier alpha value is -1.68. The molecule has 1 aliphatic rings. The number of furan rings is 1. The van der Waals surface area contributed by atoms with Gasteiger partial charge in [0.1, 0.15) is 11.3 Å². The van der Waals surface area contributed by atoms with Gasteiger partial charge in [-0.2, -0.15) is 0 Å². The van der Waals surface area contributed by atoms with Crippen molar-refractivity contribution in [3.05, 3.63) is 63.9 Å². The van der Waals surface area contributed by atoms with Crippen molar-refractivity contribution in [2.45, 2.75) is 53.0 Å². The second-order valence-corrected chi connectivity index (χ2v) is 8.10. The number of fused-ring (bicyclic) bond motifs is 1. The number of hydrogen-bond donors (Lipinski definition) is 1. The molecule has 0 bridgehead atoms. The molecule has 0 unspecified atom stereocenters. The summed E-state index contributed by atoms with van der Waals surface area (Å²) in [6.07, 6.45) is 2.43. The van der Waals surface area contributed by atoms with Crippen LogP contribution in [0.1, 0.15) is 52.3 Å². The largest absolute Gasteiger partial charge is 0.459 e. The van der Waals surface area contributed by atoms with Gasteiger partial charge in [-0.15, -0.1) is 24.8 Å². The van der Waals surface area contributed by atoms with Crippen LogP contribution in [0.4, 0.5) is 5.69 Å². The average Bonchev–Trinajstić information content (AvgIpc) is 3.02. The second kappa shape index (κ2) is 9.42. The molecule has 1 fully saturated rings. The topological polar surface area (TPSA) is 42.4 Å². The smallest absolute Gasteiger partial charge is 0.138 e. The van der Waals surface area contributed by atoms with Gasteiger partial charge in [-0.05, 0) is 81.8 Å². The lowest BCUT2D eigenvalue weighted by Gasteiger charge is -2.31. The fraction of sp³-hybridized carbons (Fsp3) is 0.417. The molecule has 0 atom stereocenters. The van der Waals surface area contributed by atoms with Gasteiger partial charge in [0.25, 0.3) is 0 Å². The van der Waals surface area contributed by atoms with E-state index in [0.717, 1.165) is 47.8 Å². The van der Waals surface area contributed by atoms with E-state index in [1.54, 1.807) is 0 Å². The summed E-state index contributed by atoms with van der Waals surface area (Å²) in [7, 11) is 0. The first kappa shape index (κ1) is 23.6. The minimum Gasteiger partial charge on any atom is -0.459 e. The van der Waals surface area contributed by atoms with Crippen LogP contribution in [0.15, 0.2) is 34.7 Å². The number of piperidine rings is 1. The number of nitrogen functional groups attached to an aromatic ring is 1. The first-order valence-electron chi connectivity index (χ1n) is 10.0. The molecule has 3 aromatic rings. The van der Waals surface area contributed by atoms with Crippen molar-refractivity contribution in [3.63, 3.8) is 0 Å². The minimum absolute atomic E-state index is 0. The number of rotatable bonds is 3. The summed E-state index contributed by atoms with van der Waals surface area (Å²) in [5, 5.41) is 1.21. The molecule has 0 aliphatic carbocycles. The Bertz CT molecular complexity index is 974. The molecule has 29 heavy (non-hydrogen) atoms. The third kappa shape index (κ3) is 4.28. The van der Waals surface area contributed by atoms with E-state index >= 15 is 0 Å². The van der Waals surface area contributed by atoms with Crippen molar-refractivity contribution in [2.75, 3.05) is 18.8 Å². The first-order valence-corrected chi connectivity index (χ1v) is 10.0. The standard InChI is InChI=1S/C24H30N2O.2ClH/c1-15-16(2)24-22(18(4)23(15)25)17(3)21(27-24)14-26-12-10-20(11-13-26)19-8-6-5-7-9-19;;/h5-9,20H,10-14,25H2,1-4H3;2*1H. The second-order valence-electron chi connectivity index (χ2n) is 8.10. The van der Waals surface area contributed by atoms with Crippen molar-refractivity contribution >= 4 is 41.5 Å². The molecule has 158 valence electrons. The molecule has 1 aromatic heterocycles. The maximum Gasteiger partial charge on any atom is 0.138 e. The van der Waals surface area contributed by atoms with Crippen LogP contribution in [0.5, 0.6) is 0 Å². The molecular formula is C24H32Cl2N2O. The maximum atomic E-state index is 6.36. The van der Waals surface area contributed by atoms with Crippen LogP contribution in [-0.4, -0.2) is 18.0 Å². The molecule has 0 spiro atoms. The summed E-state index contributed by atoms with van der Waals surface area (Å²) in [6, 6.07) is 10.9. The van der Waals surface area contributed by atoms with Gasteiger partial charge in [-0.3, -0.25) is 4.90 Å². The molecule has 2 aromatic carbocycles. The molecule has 0 radical (unpaired) electrons. The highest BCUT2D eigenvalue weighted by molar-refractivity contribution is 5.93. The van der Waals surface area contributed by atoms with E-state index in [2.05, 4.69) is 62.9 Å². The Labute approximate surface area is 186 Å². The molecule has 1 aliphatic heterocycles. The number of nitrogens with two attached hydrogens (primary N) is 1. The van der Waals surface area contributed by atoms with Crippen LogP contribution in [0.3, 0.4) is 0 Å². The molecule has 5 heteroatoms. The van der Waals surface area contributed by atoms with Gasteiger partial charge in [0.2, 0.25) is 0 Å². The highest BCUT2D eigenvalue weighted by Crippen LogP contribution is 2.37. The molecule has 1 saturated heterocycles. The predicted molar refractivity (Wildman–Crippen MR) is 128 cm³/mol. The lowest BCUT2D eigenvalue weighted by molar-refractivity contribution is 0.192. The number of hydrogen-bond acceptors (Lipinski definition) is 3. The van der Waals surface area contributed by atoms with E-state index in [0.29, 0.717) is 5.92 Å². The number of benzene rings is 2. The number of halogens is 2. The van der Waals surface area contributed by atoms with Crippen LogP contribution in [0.25, 0.3) is 11.0 Å². The van der Waals surface area contributed by atoms with Crippen molar-refractivity contribution in [1.82, 2.24) is 4.90 Å². The Morgan fingerprint density at radius 2 is 1.52 bits per heavy atom. The molecule has 2 heterocycles. The van der Waals surface area contributed by atoms with Crippen LogP contribution in [-0.2, 0) is 6.54 Å². The SMILES string of the molecule is Cc1c(N)c(C)c2c(C)c(CN3CCC(c4ccccc4)CC3)oc2c1C.Cl.Cl. The van der Waals surface area contributed by atoms with Gasteiger partial charge in [0.05, 0.1) is 6.54 Å². The summed E-state index contributed by atoms with van der Waals surface area (Å²) >= 11 is 0. The quantitative estimate of drug-likeness (QED) is 0.480. The highest BCUT2D eigenvalue weighted by Gasteiger charge is 2.24. The third-order valence-electron chi connectivity index (χ3n) is 6.56.